The molecule has 2 aromatic rings. The number of thioether (sulfide) groups is 1. The fourth-order valence-corrected chi connectivity index (χ4v) is 3.50. The molecule has 1 fully saturated rings. The van der Waals surface area contributed by atoms with Gasteiger partial charge in [0.25, 0.3) is 0 Å². The van der Waals surface area contributed by atoms with Crippen molar-refractivity contribution in [3.8, 4) is 0 Å². The summed E-state index contributed by atoms with van der Waals surface area (Å²) in [4.78, 5) is 27.7. The second kappa shape index (κ2) is 8.41. The molecule has 1 heterocycles. The highest BCUT2D eigenvalue weighted by Gasteiger charge is 2.34. The molecule has 0 spiro atoms. The maximum Gasteiger partial charge on any atom is 0.225 e. The Balaban J connectivity index is 1.52. The van der Waals surface area contributed by atoms with Crippen LogP contribution in [0.4, 0.5) is 0 Å². The van der Waals surface area contributed by atoms with Crippen molar-refractivity contribution in [2.45, 2.75) is 31.3 Å². The lowest BCUT2D eigenvalue weighted by molar-refractivity contribution is -0.129. The van der Waals surface area contributed by atoms with E-state index in [1.165, 1.54) is 10.5 Å². The molecule has 26 heavy (non-hydrogen) atoms. The number of nitrogens with zero attached hydrogens (tertiary/aromatic N) is 1. The molecule has 0 aromatic heterocycles. The summed E-state index contributed by atoms with van der Waals surface area (Å²) < 4.78 is 0. The van der Waals surface area contributed by atoms with E-state index in [0.717, 1.165) is 11.1 Å². The Morgan fingerprint density at radius 1 is 1.12 bits per heavy atom. The molecule has 3 rings (SSSR count). The minimum absolute atomic E-state index is 0.0429. The number of nitrogens with one attached hydrogen (secondary N) is 1. The summed E-state index contributed by atoms with van der Waals surface area (Å²) in [5.74, 6) is -0.257. The monoisotopic (exact) mass is 368 g/mol. The average Bonchev–Trinajstić information content (AvgIpc) is 3.02. The van der Waals surface area contributed by atoms with Crippen LogP contribution in [0, 0.1) is 12.8 Å². The Morgan fingerprint density at radius 3 is 2.42 bits per heavy atom. The molecule has 5 heteroatoms. The van der Waals surface area contributed by atoms with Crippen LogP contribution in [0.3, 0.4) is 0 Å². The molecule has 1 saturated heterocycles. The molecular formula is C21H24N2O2S. The summed E-state index contributed by atoms with van der Waals surface area (Å²) >= 11 is 1.69. The summed E-state index contributed by atoms with van der Waals surface area (Å²) in [5, 5.41) is 2.97. The third kappa shape index (κ3) is 4.67. The number of amides is 2. The molecule has 1 N–H and O–H groups in total. The SMILES string of the molecule is CSc1ccc(CNC(=O)C2CC(=O)N(Cc3ccc(C)cc3)C2)cc1. The summed E-state index contributed by atoms with van der Waals surface area (Å²) in [6, 6.07) is 16.3. The van der Waals surface area contributed by atoms with Crippen molar-refractivity contribution in [3.05, 3.63) is 65.2 Å². The molecule has 1 unspecified atom stereocenters. The first-order valence-corrected chi connectivity index (χ1v) is 10.0. The number of carbonyl (C=O) groups is 2. The minimum atomic E-state index is -0.265. The molecule has 0 saturated carbocycles. The van der Waals surface area contributed by atoms with Gasteiger partial charge in [-0.25, -0.2) is 0 Å². The zero-order valence-electron chi connectivity index (χ0n) is 15.2. The predicted octanol–water partition coefficient (Wildman–Crippen LogP) is 3.38. The molecule has 2 amide bonds. The molecular weight excluding hydrogens is 344 g/mol. The molecule has 4 nitrogen and oxygen atoms in total. The molecule has 1 aliphatic heterocycles. The first-order valence-electron chi connectivity index (χ1n) is 8.79. The lowest BCUT2D eigenvalue weighted by Gasteiger charge is -2.17. The Kier molecular flexibility index (Phi) is 5.99. The van der Waals surface area contributed by atoms with Gasteiger partial charge in [0.1, 0.15) is 0 Å². The van der Waals surface area contributed by atoms with E-state index in [9.17, 15) is 9.59 Å². The molecule has 0 aliphatic carbocycles. The quantitative estimate of drug-likeness (QED) is 0.795. The second-order valence-corrected chi connectivity index (χ2v) is 7.61. The standard InChI is InChI=1S/C21H24N2O2S/c1-15-3-5-17(6-4-15)13-23-14-18(11-20(23)24)21(25)22-12-16-7-9-19(26-2)10-8-16/h3-10,18H,11-14H2,1-2H3,(H,22,25). The van der Waals surface area contributed by atoms with Gasteiger partial charge in [-0.05, 0) is 36.4 Å². The van der Waals surface area contributed by atoms with Crippen molar-refractivity contribution in [1.82, 2.24) is 10.2 Å². The van der Waals surface area contributed by atoms with Crippen LogP contribution in [-0.2, 0) is 22.7 Å². The smallest absolute Gasteiger partial charge is 0.225 e. The number of rotatable bonds is 6. The first kappa shape index (κ1) is 18.5. The normalized spacial score (nSPS) is 16.8. The van der Waals surface area contributed by atoms with Crippen LogP contribution in [0.1, 0.15) is 23.1 Å². The zero-order chi connectivity index (χ0) is 18.5. The maximum absolute atomic E-state index is 12.4. The molecule has 0 radical (unpaired) electrons. The van der Waals surface area contributed by atoms with Gasteiger partial charge in [-0.2, -0.15) is 0 Å². The summed E-state index contributed by atoms with van der Waals surface area (Å²) in [7, 11) is 0. The molecule has 1 atom stereocenters. The fraction of sp³-hybridized carbons (Fsp3) is 0.333. The number of hydrogen-bond acceptors (Lipinski definition) is 3. The predicted molar refractivity (Wildman–Crippen MR) is 105 cm³/mol. The van der Waals surface area contributed by atoms with E-state index in [1.54, 1.807) is 16.7 Å². The Hall–Kier alpha value is -2.27. The van der Waals surface area contributed by atoms with Crippen molar-refractivity contribution in [2.24, 2.45) is 5.92 Å². The first-order chi connectivity index (χ1) is 12.5. The lowest BCUT2D eigenvalue weighted by atomic mass is 10.1. The van der Waals surface area contributed by atoms with E-state index in [1.807, 2.05) is 49.6 Å². The summed E-state index contributed by atoms with van der Waals surface area (Å²) in [6.45, 7) is 3.60. The molecule has 136 valence electrons. The van der Waals surface area contributed by atoms with Gasteiger partial charge in [-0.3, -0.25) is 9.59 Å². The average molecular weight is 369 g/mol. The van der Waals surface area contributed by atoms with E-state index in [-0.39, 0.29) is 17.7 Å². The highest BCUT2D eigenvalue weighted by atomic mass is 32.2. The van der Waals surface area contributed by atoms with Crippen LogP contribution in [-0.4, -0.2) is 29.5 Å². The second-order valence-electron chi connectivity index (χ2n) is 6.73. The van der Waals surface area contributed by atoms with Crippen LogP contribution in [0.25, 0.3) is 0 Å². The minimum Gasteiger partial charge on any atom is -0.352 e. The van der Waals surface area contributed by atoms with Gasteiger partial charge in [0.15, 0.2) is 0 Å². The van der Waals surface area contributed by atoms with E-state index < -0.39 is 0 Å². The van der Waals surface area contributed by atoms with E-state index in [0.29, 0.717) is 26.1 Å². The Bertz CT molecular complexity index is 772. The van der Waals surface area contributed by atoms with Gasteiger partial charge < -0.3 is 10.2 Å². The number of benzene rings is 2. The van der Waals surface area contributed by atoms with E-state index in [4.69, 9.17) is 0 Å². The van der Waals surface area contributed by atoms with E-state index in [2.05, 4.69) is 17.4 Å². The van der Waals surface area contributed by atoms with Crippen LogP contribution in [0.2, 0.25) is 0 Å². The summed E-state index contributed by atoms with van der Waals surface area (Å²) in [6.07, 6.45) is 2.33. The summed E-state index contributed by atoms with van der Waals surface area (Å²) in [5.41, 5.74) is 3.36. The third-order valence-electron chi connectivity index (χ3n) is 4.71. The topological polar surface area (TPSA) is 49.4 Å². The lowest BCUT2D eigenvalue weighted by Crippen LogP contribution is -2.32. The van der Waals surface area contributed by atoms with Crippen LogP contribution >= 0.6 is 11.8 Å². The van der Waals surface area contributed by atoms with Crippen molar-refractivity contribution in [1.29, 1.82) is 0 Å². The van der Waals surface area contributed by atoms with Crippen LogP contribution in [0.5, 0.6) is 0 Å². The van der Waals surface area contributed by atoms with Crippen molar-refractivity contribution < 1.29 is 9.59 Å². The van der Waals surface area contributed by atoms with Gasteiger partial charge >= 0.3 is 0 Å². The van der Waals surface area contributed by atoms with Crippen LogP contribution in [0.15, 0.2) is 53.4 Å². The van der Waals surface area contributed by atoms with Gasteiger partial charge in [0.2, 0.25) is 11.8 Å². The van der Waals surface area contributed by atoms with Gasteiger partial charge in [-0.15, -0.1) is 11.8 Å². The largest absolute Gasteiger partial charge is 0.352 e. The highest BCUT2D eigenvalue weighted by Crippen LogP contribution is 2.21. The van der Waals surface area contributed by atoms with Gasteiger partial charge in [0.05, 0.1) is 5.92 Å². The number of carbonyl (C=O) groups excluding carboxylic acids is 2. The van der Waals surface area contributed by atoms with Gasteiger partial charge in [0, 0.05) is 31.0 Å². The van der Waals surface area contributed by atoms with E-state index >= 15 is 0 Å². The Morgan fingerprint density at radius 2 is 1.77 bits per heavy atom. The Labute approximate surface area is 159 Å². The fourth-order valence-electron chi connectivity index (χ4n) is 3.09. The molecule has 0 bridgehead atoms. The van der Waals surface area contributed by atoms with Gasteiger partial charge in [-0.1, -0.05) is 42.0 Å². The van der Waals surface area contributed by atoms with Crippen molar-refractivity contribution >= 4 is 23.6 Å². The maximum atomic E-state index is 12.4. The zero-order valence-corrected chi connectivity index (χ0v) is 16.0. The number of hydrogen-bond donors (Lipinski definition) is 1. The van der Waals surface area contributed by atoms with Crippen molar-refractivity contribution in [2.75, 3.05) is 12.8 Å². The number of aryl methyl sites for hydroxylation is 1. The highest BCUT2D eigenvalue weighted by molar-refractivity contribution is 7.98. The molecule has 1 aliphatic rings. The van der Waals surface area contributed by atoms with Crippen LogP contribution < -0.4 is 5.32 Å². The number of likely N-dealkylation sites (tertiary alicyclic amines) is 1. The third-order valence-corrected chi connectivity index (χ3v) is 5.45. The van der Waals surface area contributed by atoms with Crippen molar-refractivity contribution in [3.63, 3.8) is 0 Å². The molecule has 2 aromatic carbocycles.